The zero-order chi connectivity index (χ0) is 15.1. The zero-order valence-corrected chi connectivity index (χ0v) is 12.0. The first kappa shape index (κ1) is 15.5. The Morgan fingerprint density at radius 3 is 2.90 bits per heavy atom. The molecule has 8 nitrogen and oxygen atoms in total. The molecule has 8 heteroatoms. The van der Waals surface area contributed by atoms with E-state index in [1.807, 2.05) is 0 Å². The van der Waals surface area contributed by atoms with Gasteiger partial charge in [0.15, 0.2) is 0 Å². The molecule has 1 aliphatic heterocycles. The van der Waals surface area contributed by atoms with Crippen molar-refractivity contribution in [3.63, 3.8) is 0 Å². The number of nitrogens with zero attached hydrogens (tertiary/aromatic N) is 2. The van der Waals surface area contributed by atoms with E-state index in [0.29, 0.717) is 19.0 Å². The zero-order valence-electron chi connectivity index (χ0n) is 12.0. The van der Waals surface area contributed by atoms with Crippen LogP contribution >= 0.6 is 0 Å². The lowest BCUT2D eigenvalue weighted by molar-refractivity contribution is -0.384. The molecule has 1 fully saturated rings. The van der Waals surface area contributed by atoms with Crippen LogP contribution in [0.25, 0.3) is 0 Å². The maximum atomic E-state index is 10.9. The predicted molar refractivity (Wildman–Crippen MR) is 77.8 cm³/mol. The first-order valence-electron chi connectivity index (χ1n) is 6.96. The Morgan fingerprint density at radius 1 is 1.48 bits per heavy atom. The highest BCUT2D eigenvalue weighted by atomic mass is 16.6. The summed E-state index contributed by atoms with van der Waals surface area (Å²) in [4.78, 5) is 14.5. The van der Waals surface area contributed by atoms with Crippen LogP contribution in [-0.2, 0) is 4.74 Å². The van der Waals surface area contributed by atoms with Crippen LogP contribution in [0.5, 0.6) is 5.88 Å². The van der Waals surface area contributed by atoms with E-state index in [4.69, 9.17) is 9.47 Å². The quantitative estimate of drug-likeness (QED) is 0.443. The van der Waals surface area contributed by atoms with E-state index in [-0.39, 0.29) is 17.6 Å². The molecule has 0 radical (unpaired) electrons. The second-order valence-electron chi connectivity index (χ2n) is 4.73. The Morgan fingerprint density at radius 2 is 2.24 bits per heavy atom. The number of pyridine rings is 1. The molecular weight excluding hydrogens is 276 g/mol. The first-order chi connectivity index (χ1) is 10.2. The van der Waals surface area contributed by atoms with Crippen molar-refractivity contribution in [2.45, 2.75) is 18.9 Å². The average Bonchev–Trinajstić information content (AvgIpc) is 2.52. The third-order valence-corrected chi connectivity index (χ3v) is 3.29. The molecule has 0 bridgehead atoms. The lowest BCUT2D eigenvalue weighted by Gasteiger charge is -2.23. The molecule has 2 rings (SSSR count). The van der Waals surface area contributed by atoms with Crippen molar-refractivity contribution in [1.82, 2.24) is 10.3 Å². The van der Waals surface area contributed by atoms with Gasteiger partial charge in [0, 0.05) is 18.7 Å². The molecule has 1 aliphatic rings. The monoisotopic (exact) mass is 296 g/mol. The molecule has 0 aromatic carbocycles. The number of aromatic nitrogens is 1. The summed E-state index contributed by atoms with van der Waals surface area (Å²) >= 11 is 0. The summed E-state index contributed by atoms with van der Waals surface area (Å²) in [6.07, 6.45) is 2.26. The van der Waals surface area contributed by atoms with Crippen LogP contribution in [0.2, 0.25) is 0 Å². The van der Waals surface area contributed by atoms with Crippen LogP contribution in [0.1, 0.15) is 12.8 Å². The number of methoxy groups -OCH3 is 1. The van der Waals surface area contributed by atoms with E-state index in [1.165, 1.54) is 19.2 Å². The van der Waals surface area contributed by atoms with Crippen molar-refractivity contribution in [3.8, 4) is 5.88 Å². The molecule has 1 aromatic rings. The molecule has 0 aliphatic carbocycles. The summed E-state index contributed by atoms with van der Waals surface area (Å²) in [6.45, 7) is 2.90. The van der Waals surface area contributed by atoms with Crippen molar-refractivity contribution in [1.29, 1.82) is 0 Å². The smallest absolute Gasteiger partial charge is 0.311 e. The Kier molecular flexibility index (Phi) is 5.70. The van der Waals surface area contributed by atoms with E-state index in [2.05, 4.69) is 15.6 Å². The van der Waals surface area contributed by atoms with E-state index >= 15 is 0 Å². The van der Waals surface area contributed by atoms with Gasteiger partial charge in [-0.25, -0.2) is 0 Å². The average molecular weight is 296 g/mol. The second kappa shape index (κ2) is 7.75. The van der Waals surface area contributed by atoms with Gasteiger partial charge in [0.2, 0.25) is 11.7 Å². The Balaban J connectivity index is 1.84. The fraction of sp³-hybridized carbons (Fsp3) is 0.615. The van der Waals surface area contributed by atoms with Crippen LogP contribution < -0.4 is 15.4 Å². The summed E-state index contributed by atoms with van der Waals surface area (Å²) < 4.78 is 10.7. The summed E-state index contributed by atoms with van der Waals surface area (Å²) in [7, 11) is 1.47. The van der Waals surface area contributed by atoms with Crippen LogP contribution in [0.3, 0.4) is 0 Å². The van der Waals surface area contributed by atoms with Crippen molar-refractivity contribution in [2.24, 2.45) is 0 Å². The largest absolute Gasteiger partial charge is 0.481 e. The van der Waals surface area contributed by atoms with E-state index in [9.17, 15) is 10.1 Å². The number of nitro groups is 1. The molecule has 0 saturated carbocycles. The maximum Gasteiger partial charge on any atom is 0.311 e. The van der Waals surface area contributed by atoms with Crippen molar-refractivity contribution in [2.75, 3.05) is 38.7 Å². The summed E-state index contributed by atoms with van der Waals surface area (Å²) in [6, 6.07) is 2.84. The third kappa shape index (κ3) is 4.54. The minimum Gasteiger partial charge on any atom is -0.481 e. The SMILES string of the molecule is COc1ccc([N+](=O)[O-])c(NCCOC2CCNCC2)n1. The standard InChI is InChI=1S/C13H20N4O4/c1-20-12-3-2-11(17(18)19)13(16-12)15-8-9-21-10-4-6-14-7-5-10/h2-3,10,14H,4-9H2,1H3,(H,15,16). The summed E-state index contributed by atoms with van der Waals surface area (Å²) in [5.74, 6) is 0.538. The molecule has 2 heterocycles. The number of anilines is 1. The first-order valence-corrected chi connectivity index (χ1v) is 6.96. The fourth-order valence-electron chi connectivity index (χ4n) is 2.18. The Labute approximate surface area is 123 Å². The number of ether oxygens (including phenoxy) is 2. The number of nitrogens with one attached hydrogen (secondary N) is 2. The highest BCUT2D eigenvalue weighted by molar-refractivity contribution is 5.56. The number of piperidine rings is 1. The summed E-state index contributed by atoms with van der Waals surface area (Å²) in [5.41, 5.74) is -0.0716. The Hall–Kier alpha value is -1.93. The molecule has 2 N–H and O–H groups in total. The lowest BCUT2D eigenvalue weighted by atomic mass is 10.1. The molecule has 1 aromatic heterocycles. The van der Waals surface area contributed by atoms with Gasteiger partial charge in [-0.05, 0) is 25.9 Å². The van der Waals surface area contributed by atoms with Gasteiger partial charge in [-0.3, -0.25) is 10.1 Å². The molecular formula is C13H20N4O4. The van der Waals surface area contributed by atoms with Gasteiger partial charge in [-0.1, -0.05) is 0 Å². The Bertz CT molecular complexity index is 477. The van der Waals surface area contributed by atoms with E-state index in [1.54, 1.807) is 0 Å². The number of hydrogen-bond donors (Lipinski definition) is 2. The molecule has 0 amide bonds. The van der Waals surface area contributed by atoms with Gasteiger partial charge in [0.1, 0.15) is 0 Å². The van der Waals surface area contributed by atoms with Crippen LogP contribution in [0.4, 0.5) is 11.5 Å². The van der Waals surface area contributed by atoms with Crippen molar-refractivity contribution < 1.29 is 14.4 Å². The van der Waals surface area contributed by atoms with E-state index < -0.39 is 4.92 Å². The predicted octanol–water partition coefficient (Wildman–Crippen LogP) is 1.18. The molecule has 116 valence electrons. The lowest BCUT2D eigenvalue weighted by Crippen LogP contribution is -2.33. The minimum atomic E-state index is -0.470. The topological polar surface area (TPSA) is 98.6 Å². The molecule has 0 atom stereocenters. The van der Waals surface area contributed by atoms with Crippen molar-refractivity contribution in [3.05, 3.63) is 22.2 Å². The number of hydrogen-bond acceptors (Lipinski definition) is 7. The maximum absolute atomic E-state index is 10.9. The summed E-state index contributed by atoms with van der Waals surface area (Å²) in [5, 5.41) is 17.2. The third-order valence-electron chi connectivity index (χ3n) is 3.29. The van der Waals surface area contributed by atoms with Crippen LogP contribution in [0, 0.1) is 10.1 Å². The van der Waals surface area contributed by atoms with Gasteiger partial charge in [0.05, 0.1) is 24.7 Å². The highest BCUT2D eigenvalue weighted by Gasteiger charge is 2.17. The second-order valence-corrected chi connectivity index (χ2v) is 4.73. The molecule has 21 heavy (non-hydrogen) atoms. The van der Waals surface area contributed by atoms with Gasteiger partial charge < -0.3 is 20.1 Å². The van der Waals surface area contributed by atoms with Gasteiger partial charge in [0.25, 0.3) is 0 Å². The van der Waals surface area contributed by atoms with Gasteiger partial charge >= 0.3 is 5.69 Å². The highest BCUT2D eigenvalue weighted by Crippen LogP contribution is 2.24. The molecule has 0 spiro atoms. The van der Waals surface area contributed by atoms with Gasteiger partial charge in [-0.15, -0.1) is 0 Å². The van der Waals surface area contributed by atoms with Crippen LogP contribution in [0.15, 0.2) is 12.1 Å². The number of rotatable bonds is 7. The molecule has 1 saturated heterocycles. The van der Waals surface area contributed by atoms with E-state index in [0.717, 1.165) is 25.9 Å². The fourth-order valence-corrected chi connectivity index (χ4v) is 2.18. The van der Waals surface area contributed by atoms with Crippen LogP contribution in [-0.4, -0.2) is 49.4 Å². The van der Waals surface area contributed by atoms with Crippen molar-refractivity contribution >= 4 is 11.5 Å². The minimum absolute atomic E-state index is 0.0716. The normalized spacial score (nSPS) is 15.7. The molecule has 0 unspecified atom stereocenters. The van der Waals surface area contributed by atoms with Gasteiger partial charge in [-0.2, -0.15) is 4.98 Å².